The van der Waals surface area contributed by atoms with E-state index in [2.05, 4.69) is 10.6 Å². The molecule has 0 unspecified atom stereocenters. The molecule has 8 heteroatoms. The highest BCUT2D eigenvalue weighted by atomic mass is 35.5. The molecule has 3 amide bonds. The molecule has 4 aromatic rings. The highest BCUT2D eigenvalue weighted by Crippen LogP contribution is 2.27. The van der Waals surface area contributed by atoms with Gasteiger partial charge >= 0.3 is 0 Å². The quantitative estimate of drug-likeness (QED) is 0.165. The number of aryl methyl sites for hydroxylation is 4. The topological polar surface area (TPSA) is 98.7 Å². The number of benzene rings is 4. The van der Waals surface area contributed by atoms with Crippen LogP contribution in [0.1, 0.15) is 66.2 Å². The fourth-order valence-electron chi connectivity index (χ4n) is 4.98. The number of hydrogen-bond donors (Lipinski definition) is 3. The summed E-state index contributed by atoms with van der Waals surface area (Å²) in [4.78, 5) is 41.3. The van der Waals surface area contributed by atoms with Gasteiger partial charge in [-0.3, -0.25) is 14.4 Å². The number of carbonyl (C=O) groups excluding carboxylic acids is 3. The van der Waals surface area contributed by atoms with Crippen molar-refractivity contribution in [2.75, 3.05) is 28.7 Å². The van der Waals surface area contributed by atoms with E-state index in [1.807, 2.05) is 58.0 Å². The normalized spacial score (nSPS) is 10.7. The van der Waals surface area contributed by atoms with Gasteiger partial charge in [0.25, 0.3) is 17.7 Å². The maximum Gasteiger partial charge on any atom is 0.258 e. The largest absolute Gasteiger partial charge is 0.396 e. The van der Waals surface area contributed by atoms with Crippen molar-refractivity contribution in [3.8, 4) is 0 Å². The minimum absolute atomic E-state index is 0.0548. The van der Waals surface area contributed by atoms with Crippen LogP contribution in [0.15, 0.2) is 78.9 Å². The summed E-state index contributed by atoms with van der Waals surface area (Å²) in [6.07, 6.45) is 1.23. The third kappa shape index (κ3) is 7.69. The number of aliphatic hydroxyl groups is 1. The van der Waals surface area contributed by atoms with Gasteiger partial charge in [0.2, 0.25) is 0 Å². The van der Waals surface area contributed by atoms with Crippen LogP contribution in [0.4, 0.5) is 17.1 Å². The highest BCUT2D eigenvalue weighted by molar-refractivity contribution is 6.30. The number of nitrogens with zero attached hydrogens (tertiary/aromatic N) is 1. The van der Waals surface area contributed by atoms with Gasteiger partial charge in [-0.1, -0.05) is 29.8 Å². The van der Waals surface area contributed by atoms with E-state index in [1.54, 1.807) is 53.4 Å². The predicted molar refractivity (Wildman–Crippen MR) is 174 cm³/mol. The highest BCUT2D eigenvalue weighted by Gasteiger charge is 2.21. The second-order valence-corrected chi connectivity index (χ2v) is 11.0. The van der Waals surface area contributed by atoms with Crippen molar-refractivity contribution < 1.29 is 19.5 Å². The molecule has 4 rings (SSSR count). The second-order valence-electron chi connectivity index (χ2n) is 10.6. The Balaban J connectivity index is 1.49. The Hall–Kier alpha value is -4.46. The van der Waals surface area contributed by atoms with Gasteiger partial charge in [-0.15, -0.1) is 0 Å². The summed E-state index contributed by atoms with van der Waals surface area (Å²) in [5, 5.41) is 15.7. The Morgan fingerprint density at radius 1 is 0.674 bits per heavy atom. The SMILES string of the molecule is Cc1ccccc1C(=O)Nc1ccc(C(=O)Nc2ccc(C(=O)N(CCCCO)c3ccc(Cl)cc3C)c(C)c2)c(C)c1. The lowest BCUT2D eigenvalue weighted by Gasteiger charge is -2.26. The number of aliphatic hydroxyl groups excluding tert-OH is 1. The number of hydrogen-bond acceptors (Lipinski definition) is 4. The van der Waals surface area contributed by atoms with Crippen LogP contribution in [-0.4, -0.2) is 36.0 Å². The first-order valence-corrected chi connectivity index (χ1v) is 14.6. The van der Waals surface area contributed by atoms with Crippen LogP contribution in [0.2, 0.25) is 5.02 Å². The Morgan fingerprint density at radius 2 is 1.26 bits per heavy atom. The third-order valence-corrected chi connectivity index (χ3v) is 7.55. The van der Waals surface area contributed by atoms with Gasteiger partial charge in [0.15, 0.2) is 0 Å². The first-order chi connectivity index (χ1) is 20.6. The van der Waals surface area contributed by atoms with Crippen molar-refractivity contribution in [3.05, 3.63) is 123 Å². The van der Waals surface area contributed by atoms with E-state index in [1.165, 1.54) is 0 Å². The van der Waals surface area contributed by atoms with Gasteiger partial charge in [-0.25, -0.2) is 0 Å². The number of rotatable bonds is 10. The Labute approximate surface area is 257 Å². The molecule has 3 N–H and O–H groups in total. The smallest absolute Gasteiger partial charge is 0.258 e. The maximum absolute atomic E-state index is 13.7. The molecular weight excluding hydrogens is 562 g/mol. The van der Waals surface area contributed by atoms with Crippen LogP contribution in [-0.2, 0) is 0 Å². The number of anilines is 3. The summed E-state index contributed by atoms with van der Waals surface area (Å²) >= 11 is 6.15. The van der Waals surface area contributed by atoms with Crippen LogP contribution in [0.25, 0.3) is 0 Å². The average Bonchev–Trinajstić information content (AvgIpc) is 2.96. The lowest BCUT2D eigenvalue weighted by Crippen LogP contribution is -2.33. The summed E-state index contributed by atoms with van der Waals surface area (Å²) in [6, 6.07) is 23.1. The van der Waals surface area contributed by atoms with Gasteiger partial charge < -0.3 is 20.6 Å². The van der Waals surface area contributed by atoms with E-state index in [4.69, 9.17) is 11.6 Å². The molecule has 0 radical (unpaired) electrons. The van der Waals surface area contributed by atoms with Crippen LogP contribution in [0, 0.1) is 27.7 Å². The first-order valence-electron chi connectivity index (χ1n) is 14.2. The minimum Gasteiger partial charge on any atom is -0.396 e. The van der Waals surface area contributed by atoms with Crippen LogP contribution >= 0.6 is 11.6 Å². The molecule has 0 spiro atoms. The van der Waals surface area contributed by atoms with Crippen molar-refractivity contribution in [2.24, 2.45) is 0 Å². The third-order valence-electron chi connectivity index (χ3n) is 7.32. The number of nitrogens with one attached hydrogen (secondary N) is 2. The molecule has 0 saturated heterocycles. The minimum atomic E-state index is -0.296. The van der Waals surface area contributed by atoms with Gasteiger partial charge in [-0.2, -0.15) is 0 Å². The van der Waals surface area contributed by atoms with Crippen molar-refractivity contribution in [2.45, 2.75) is 40.5 Å². The molecule has 4 aromatic carbocycles. The average molecular weight is 598 g/mol. The van der Waals surface area contributed by atoms with Crippen LogP contribution < -0.4 is 15.5 Å². The molecule has 222 valence electrons. The van der Waals surface area contributed by atoms with Gasteiger partial charge in [0.1, 0.15) is 0 Å². The molecule has 43 heavy (non-hydrogen) atoms. The van der Waals surface area contributed by atoms with E-state index in [0.717, 1.165) is 16.8 Å². The Kier molecular flexibility index (Phi) is 10.3. The number of unbranched alkanes of at least 4 members (excludes halogenated alkanes) is 1. The maximum atomic E-state index is 13.7. The van der Waals surface area contributed by atoms with Gasteiger partial charge in [0, 0.05) is 51.9 Å². The summed E-state index contributed by atoms with van der Waals surface area (Å²) in [6.45, 7) is 7.94. The summed E-state index contributed by atoms with van der Waals surface area (Å²) in [7, 11) is 0. The molecule has 0 fully saturated rings. The second kappa shape index (κ2) is 14.1. The van der Waals surface area contributed by atoms with Gasteiger partial charge in [0.05, 0.1) is 0 Å². The first kappa shape index (κ1) is 31.5. The fourth-order valence-corrected chi connectivity index (χ4v) is 5.21. The van der Waals surface area contributed by atoms with Gasteiger partial charge in [-0.05, 0) is 123 Å². The van der Waals surface area contributed by atoms with Crippen LogP contribution in [0.3, 0.4) is 0 Å². The molecule has 0 atom stereocenters. The van der Waals surface area contributed by atoms with E-state index < -0.39 is 0 Å². The number of halogens is 1. The lowest BCUT2D eigenvalue weighted by molar-refractivity contribution is 0.0982. The molecular formula is C35H36ClN3O4. The molecule has 0 aliphatic rings. The summed E-state index contributed by atoms with van der Waals surface area (Å²) in [5.74, 6) is -0.675. The lowest BCUT2D eigenvalue weighted by atomic mass is 10.0. The molecule has 0 aliphatic carbocycles. The zero-order valence-corrected chi connectivity index (χ0v) is 25.6. The molecule has 0 aliphatic heterocycles. The molecule has 0 aromatic heterocycles. The van der Waals surface area contributed by atoms with E-state index in [9.17, 15) is 19.5 Å². The fraction of sp³-hybridized carbons (Fsp3) is 0.229. The summed E-state index contributed by atoms with van der Waals surface area (Å²) < 4.78 is 0. The van der Waals surface area contributed by atoms with Crippen molar-refractivity contribution in [3.63, 3.8) is 0 Å². The molecule has 0 heterocycles. The monoisotopic (exact) mass is 597 g/mol. The van der Waals surface area contributed by atoms with Crippen molar-refractivity contribution in [1.29, 1.82) is 0 Å². The van der Waals surface area contributed by atoms with Crippen molar-refractivity contribution >= 4 is 46.4 Å². The number of carbonyl (C=O) groups is 3. The van der Waals surface area contributed by atoms with Crippen molar-refractivity contribution in [1.82, 2.24) is 0 Å². The Bertz CT molecular complexity index is 1670. The Morgan fingerprint density at radius 3 is 1.81 bits per heavy atom. The van der Waals surface area contributed by atoms with E-state index in [0.29, 0.717) is 63.6 Å². The van der Waals surface area contributed by atoms with E-state index >= 15 is 0 Å². The van der Waals surface area contributed by atoms with Crippen LogP contribution in [0.5, 0.6) is 0 Å². The zero-order chi connectivity index (χ0) is 31.1. The van der Waals surface area contributed by atoms with E-state index in [-0.39, 0.29) is 24.3 Å². The number of amides is 3. The molecule has 0 saturated carbocycles. The standard InChI is InChI=1S/C35H36ClN3O4/c1-22-9-5-6-10-29(22)33(41)37-27-12-14-30(23(2)20-27)34(42)38-28-13-15-31(24(3)21-28)35(43)39(17-7-8-18-40)32-16-11-26(36)19-25(32)4/h5-6,9-16,19-21,40H,7-8,17-18H2,1-4H3,(H,37,41)(H,38,42). The zero-order valence-electron chi connectivity index (χ0n) is 24.8. The summed E-state index contributed by atoms with van der Waals surface area (Å²) in [5.41, 5.74) is 6.68. The predicted octanol–water partition coefficient (Wildman–Crippen LogP) is 7.50. The molecule has 7 nitrogen and oxygen atoms in total. The molecule has 0 bridgehead atoms.